The highest BCUT2D eigenvalue weighted by molar-refractivity contribution is 5.96. The third-order valence-electron chi connectivity index (χ3n) is 4.28. The van der Waals surface area contributed by atoms with Gasteiger partial charge in [0.05, 0.1) is 22.2 Å². The Morgan fingerprint density at radius 3 is 2.22 bits per heavy atom. The van der Waals surface area contributed by atoms with Gasteiger partial charge in [0.25, 0.3) is 0 Å². The van der Waals surface area contributed by atoms with Crippen LogP contribution >= 0.6 is 0 Å². The molecule has 0 saturated heterocycles. The first kappa shape index (κ1) is 12.3. The summed E-state index contributed by atoms with van der Waals surface area (Å²) in [6.07, 6.45) is 0. The van der Waals surface area contributed by atoms with Gasteiger partial charge in [-0.2, -0.15) is 0 Å². The minimum Gasteiger partial charge on any atom is -0.397 e. The summed E-state index contributed by atoms with van der Waals surface area (Å²) in [4.78, 5) is 4.83. The lowest BCUT2D eigenvalue weighted by Gasteiger charge is -2.04. The van der Waals surface area contributed by atoms with E-state index in [9.17, 15) is 0 Å². The number of fused-ring (bicyclic) bond motifs is 5. The van der Waals surface area contributed by atoms with Gasteiger partial charge in [0.15, 0.2) is 0 Å². The molecule has 0 atom stereocenters. The summed E-state index contributed by atoms with van der Waals surface area (Å²) in [6, 6.07) is 24.6. The smallest absolute Gasteiger partial charge is 0.220 e. The molecule has 2 N–H and O–H groups in total. The fraction of sp³-hybridized carbons (Fsp3) is 0. The van der Waals surface area contributed by atoms with Crippen LogP contribution in [0.1, 0.15) is 0 Å². The van der Waals surface area contributed by atoms with Crippen LogP contribution in [0.25, 0.3) is 33.5 Å². The molecule has 0 spiro atoms. The maximum Gasteiger partial charge on any atom is 0.220 e. The quantitative estimate of drug-likeness (QED) is 0.475. The monoisotopic (exact) mass is 298 g/mol. The van der Waals surface area contributed by atoms with Gasteiger partial charge in [0.2, 0.25) is 5.78 Å². The number of nitrogen functional groups attached to an aromatic ring is 1. The maximum atomic E-state index is 6.13. The van der Waals surface area contributed by atoms with Crippen molar-refractivity contribution in [1.29, 1.82) is 0 Å². The Hall–Kier alpha value is -3.27. The summed E-state index contributed by atoms with van der Waals surface area (Å²) >= 11 is 0. The van der Waals surface area contributed by atoms with Crippen molar-refractivity contribution in [1.82, 2.24) is 14.0 Å². The lowest BCUT2D eigenvalue weighted by Crippen LogP contribution is -1.94. The van der Waals surface area contributed by atoms with E-state index >= 15 is 0 Å². The fourth-order valence-corrected chi connectivity index (χ4v) is 3.28. The van der Waals surface area contributed by atoms with Crippen LogP contribution in [0.2, 0.25) is 0 Å². The molecule has 0 amide bonds. The number of para-hydroxylation sites is 4. The molecule has 2 heterocycles. The first-order valence-electron chi connectivity index (χ1n) is 7.56. The zero-order chi connectivity index (χ0) is 15.4. The van der Waals surface area contributed by atoms with Crippen molar-refractivity contribution in [2.45, 2.75) is 0 Å². The van der Waals surface area contributed by atoms with Gasteiger partial charge >= 0.3 is 0 Å². The molecule has 0 aliphatic heterocycles. The lowest BCUT2D eigenvalue weighted by atomic mass is 10.2. The molecule has 0 bridgehead atoms. The minimum absolute atomic E-state index is 0.704. The van der Waals surface area contributed by atoms with Crippen LogP contribution < -0.4 is 5.73 Å². The largest absolute Gasteiger partial charge is 0.397 e. The van der Waals surface area contributed by atoms with Gasteiger partial charge in [-0.15, -0.1) is 0 Å². The Bertz CT molecular complexity index is 1170. The number of imidazole rings is 2. The second-order valence-corrected chi connectivity index (χ2v) is 5.62. The Balaban J connectivity index is 2.07. The molecule has 0 unspecified atom stereocenters. The average Bonchev–Trinajstić information content (AvgIpc) is 3.11. The van der Waals surface area contributed by atoms with Crippen molar-refractivity contribution in [2.24, 2.45) is 0 Å². The number of rotatable bonds is 1. The number of anilines is 1. The Morgan fingerprint density at radius 2 is 1.39 bits per heavy atom. The van der Waals surface area contributed by atoms with Crippen LogP contribution in [0.15, 0.2) is 72.8 Å². The number of nitrogens with two attached hydrogens (primary N) is 1. The van der Waals surface area contributed by atoms with Crippen LogP contribution in [0.4, 0.5) is 5.69 Å². The predicted octanol–water partition coefficient (Wildman–Crippen LogP) is 4.01. The Kier molecular flexibility index (Phi) is 2.33. The number of aromatic nitrogens is 3. The third kappa shape index (κ3) is 1.57. The summed E-state index contributed by atoms with van der Waals surface area (Å²) < 4.78 is 4.35. The van der Waals surface area contributed by atoms with Gasteiger partial charge in [0.1, 0.15) is 5.52 Å². The molecule has 4 nitrogen and oxygen atoms in total. The van der Waals surface area contributed by atoms with Gasteiger partial charge in [0, 0.05) is 5.69 Å². The van der Waals surface area contributed by atoms with Crippen molar-refractivity contribution in [3.8, 4) is 5.69 Å². The Labute approximate surface area is 132 Å². The van der Waals surface area contributed by atoms with Crippen LogP contribution in [0.5, 0.6) is 0 Å². The number of hydrogen-bond donors (Lipinski definition) is 1. The van der Waals surface area contributed by atoms with E-state index in [1.165, 1.54) is 0 Å². The Morgan fingerprint density at radius 1 is 0.696 bits per heavy atom. The molecule has 0 saturated carbocycles. The molecule has 3 aromatic carbocycles. The molecular weight excluding hydrogens is 284 g/mol. The van der Waals surface area contributed by atoms with Crippen LogP contribution in [-0.2, 0) is 0 Å². The van der Waals surface area contributed by atoms with E-state index in [0.29, 0.717) is 5.69 Å². The zero-order valence-corrected chi connectivity index (χ0v) is 12.3. The van der Waals surface area contributed by atoms with Gasteiger partial charge in [-0.1, -0.05) is 36.4 Å². The normalized spacial score (nSPS) is 11.7. The number of nitrogens with zero attached hydrogens (tertiary/aromatic N) is 3. The summed E-state index contributed by atoms with van der Waals surface area (Å²) in [5, 5.41) is 0. The molecule has 0 aliphatic rings. The van der Waals surface area contributed by atoms with Crippen molar-refractivity contribution >= 4 is 33.5 Å². The van der Waals surface area contributed by atoms with E-state index in [2.05, 4.69) is 51.4 Å². The highest BCUT2D eigenvalue weighted by atomic mass is 15.2. The van der Waals surface area contributed by atoms with E-state index in [0.717, 1.165) is 33.5 Å². The molecule has 2 aromatic heterocycles. The average molecular weight is 298 g/mol. The van der Waals surface area contributed by atoms with E-state index in [4.69, 9.17) is 10.7 Å². The van der Waals surface area contributed by atoms with Gasteiger partial charge in [-0.25, -0.2) is 4.98 Å². The second kappa shape index (κ2) is 4.36. The zero-order valence-electron chi connectivity index (χ0n) is 12.3. The van der Waals surface area contributed by atoms with Crippen LogP contribution in [-0.4, -0.2) is 14.0 Å². The van der Waals surface area contributed by atoms with Crippen molar-refractivity contribution in [2.75, 3.05) is 5.73 Å². The molecule has 110 valence electrons. The van der Waals surface area contributed by atoms with E-state index in [-0.39, 0.29) is 0 Å². The summed E-state index contributed by atoms with van der Waals surface area (Å²) in [5.41, 5.74) is 12.1. The maximum absolute atomic E-state index is 6.13. The van der Waals surface area contributed by atoms with E-state index < -0.39 is 0 Å². The van der Waals surface area contributed by atoms with Crippen molar-refractivity contribution < 1.29 is 0 Å². The first-order chi connectivity index (χ1) is 11.3. The van der Waals surface area contributed by atoms with E-state index in [1.54, 1.807) is 0 Å². The molecule has 4 heteroatoms. The second-order valence-electron chi connectivity index (χ2n) is 5.62. The standard InChI is InChI=1S/C19H14N4/c20-14-9-6-12-17-18(14)21-19-22(13-7-2-1-3-8-13)15-10-4-5-11-16(15)23(17)19/h1-12H,20H2. The van der Waals surface area contributed by atoms with Crippen molar-refractivity contribution in [3.05, 3.63) is 72.8 Å². The number of benzene rings is 3. The van der Waals surface area contributed by atoms with Crippen LogP contribution in [0, 0.1) is 0 Å². The predicted molar refractivity (Wildman–Crippen MR) is 93.9 cm³/mol. The summed E-state index contributed by atoms with van der Waals surface area (Å²) in [7, 11) is 0. The third-order valence-corrected chi connectivity index (χ3v) is 4.28. The lowest BCUT2D eigenvalue weighted by molar-refractivity contribution is 1.11. The molecule has 0 aliphatic carbocycles. The fourth-order valence-electron chi connectivity index (χ4n) is 3.28. The molecule has 0 radical (unpaired) electrons. The van der Waals surface area contributed by atoms with Crippen molar-refractivity contribution in [3.63, 3.8) is 0 Å². The number of hydrogen-bond acceptors (Lipinski definition) is 2. The molecule has 0 fully saturated rings. The molecule has 23 heavy (non-hydrogen) atoms. The molecule has 5 rings (SSSR count). The highest BCUT2D eigenvalue weighted by Crippen LogP contribution is 2.30. The summed E-state index contributed by atoms with van der Waals surface area (Å²) in [6.45, 7) is 0. The minimum atomic E-state index is 0.704. The van der Waals surface area contributed by atoms with E-state index in [1.807, 2.05) is 30.3 Å². The SMILES string of the molecule is Nc1cccc2c1nc1n(-c3ccccc3)c3ccccc3n21. The molecular formula is C19H14N4. The molecule has 5 aromatic rings. The van der Waals surface area contributed by atoms with Gasteiger partial charge < -0.3 is 5.73 Å². The highest BCUT2D eigenvalue weighted by Gasteiger charge is 2.17. The topological polar surface area (TPSA) is 48.2 Å². The van der Waals surface area contributed by atoms with Gasteiger partial charge in [-0.05, 0) is 36.4 Å². The summed E-state index contributed by atoms with van der Waals surface area (Å²) in [5.74, 6) is 0.880. The van der Waals surface area contributed by atoms with Crippen LogP contribution in [0.3, 0.4) is 0 Å². The van der Waals surface area contributed by atoms with Gasteiger partial charge in [-0.3, -0.25) is 8.97 Å². The first-order valence-corrected chi connectivity index (χ1v) is 7.56.